The van der Waals surface area contributed by atoms with Crippen molar-refractivity contribution in [3.8, 4) is 29.8 Å². The van der Waals surface area contributed by atoms with Crippen molar-refractivity contribution in [2.75, 3.05) is 0 Å². The average Bonchev–Trinajstić information content (AvgIpc) is 2.82. The molecule has 0 amide bonds. The quantitative estimate of drug-likeness (QED) is 0.331. The van der Waals surface area contributed by atoms with Crippen LogP contribution in [-0.4, -0.2) is 0 Å². The van der Waals surface area contributed by atoms with Crippen molar-refractivity contribution in [3.05, 3.63) is 118 Å². The lowest BCUT2D eigenvalue weighted by Crippen LogP contribution is -1.88. The fourth-order valence-electron chi connectivity index (χ4n) is 3.26. The number of benzene rings is 4. The van der Waals surface area contributed by atoms with E-state index in [1.54, 1.807) is 30.3 Å². The predicted octanol–water partition coefficient (Wildman–Crippen LogP) is 6.35. The summed E-state index contributed by atoms with van der Waals surface area (Å²) in [6.45, 7) is 2.11. The number of hydrogen-bond donors (Lipinski definition) is 0. The number of nitrogens with zero attached hydrogens (tertiary/aromatic N) is 1. The van der Waals surface area contributed by atoms with Gasteiger partial charge in [0.15, 0.2) is 0 Å². The number of nitriles is 1. The molecule has 0 aliphatic carbocycles. The molecule has 0 aliphatic heterocycles. The summed E-state index contributed by atoms with van der Waals surface area (Å²) in [5, 5.41) is 9.97. The molecule has 1 nitrogen and oxygen atoms in total. The minimum Gasteiger partial charge on any atom is -0.206 e. The Morgan fingerprint density at radius 1 is 0.688 bits per heavy atom. The van der Waals surface area contributed by atoms with Crippen LogP contribution in [0.5, 0.6) is 0 Å². The van der Waals surface area contributed by atoms with Crippen LogP contribution in [0.3, 0.4) is 0 Å². The Bertz CT molecular complexity index is 1480. The molecule has 152 valence electrons. The van der Waals surface area contributed by atoms with Crippen LogP contribution in [0.15, 0.2) is 72.8 Å². The molecule has 4 aromatic carbocycles. The molecule has 0 bridgehead atoms. The number of aryl methyl sites for hydroxylation is 1. The van der Waals surface area contributed by atoms with Gasteiger partial charge in [0.25, 0.3) is 0 Å². The Balaban J connectivity index is 1.61. The van der Waals surface area contributed by atoms with Crippen molar-refractivity contribution in [1.29, 1.82) is 5.26 Å². The van der Waals surface area contributed by atoms with Gasteiger partial charge in [0.05, 0.1) is 11.1 Å². The second-order valence-corrected chi connectivity index (χ2v) is 7.22. The Hall–Kier alpha value is -4.39. The van der Waals surface area contributed by atoms with E-state index in [-0.39, 0.29) is 11.1 Å². The van der Waals surface area contributed by atoms with Gasteiger partial charge >= 0.3 is 0 Å². The zero-order valence-electron chi connectivity index (χ0n) is 17.3. The van der Waals surface area contributed by atoms with E-state index in [9.17, 15) is 8.78 Å². The van der Waals surface area contributed by atoms with Gasteiger partial charge in [-0.2, -0.15) is 5.26 Å². The highest BCUT2D eigenvalue weighted by atomic mass is 19.1. The molecular formula is C29H17F2N. The lowest BCUT2D eigenvalue weighted by Gasteiger charge is -2.03. The summed E-state index contributed by atoms with van der Waals surface area (Å²) < 4.78 is 28.7. The highest BCUT2D eigenvalue weighted by molar-refractivity contribution is 5.86. The van der Waals surface area contributed by atoms with Crippen molar-refractivity contribution in [2.24, 2.45) is 0 Å². The van der Waals surface area contributed by atoms with Gasteiger partial charge in [-0.1, -0.05) is 54.9 Å². The molecule has 0 saturated carbocycles. The van der Waals surface area contributed by atoms with Gasteiger partial charge in [-0.3, -0.25) is 0 Å². The second-order valence-electron chi connectivity index (χ2n) is 7.22. The van der Waals surface area contributed by atoms with E-state index in [0.717, 1.165) is 22.9 Å². The molecule has 32 heavy (non-hydrogen) atoms. The smallest absolute Gasteiger partial charge is 0.146 e. The van der Waals surface area contributed by atoms with Crippen LogP contribution >= 0.6 is 0 Å². The molecule has 0 aliphatic rings. The summed E-state index contributed by atoms with van der Waals surface area (Å²) in [6, 6.07) is 22.7. The molecule has 4 aromatic rings. The monoisotopic (exact) mass is 417 g/mol. The molecule has 4 rings (SSSR count). The first kappa shape index (κ1) is 20.9. The number of rotatable bonds is 1. The zero-order valence-corrected chi connectivity index (χ0v) is 17.3. The molecule has 0 saturated heterocycles. The van der Waals surface area contributed by atoms with E-state index in [1.165, 1.54) is 23.8 Å². The van der Waals surface area contributed by atoms with Crippen molar-refractivity contribution < 1.29 is 8.78 Å². The maximum atomic E-state index is 15.0. The van der Waals surface area contributed by atoms with Crippen LogP contribution in [-0.2, 0) is 6.42 Å². The second kappa shape index (κ2) is 9.18. The number of hydrogen-bond acceptors (Lipinski definition) is 1. The summed E-state index contributed by atoms with van der Waals surface area (Å²) in [4.78, 5) is 0. The Labute approximate surface area is 186 Å². The van der Waals surface area contributed by atoms with Gasteiger partial charge in [0.1, 0.15) is 17.7 Å². The van der Waals surface area contributed by atoms with Gasteiger partial charge in [-0.25, -0.2) is 8.78 Å². The van der Waals surface area contributed by atoms with Crippen LogP contribution in [0.2, 0.25) is 0 Å². The molecule has 0 heterocycles. The third kappa shape index (κ3) is 4.52. The summed E-state index contributed by atoms with van der Waals surface area (Å²) in [6.07, 6.45) is 0.987. The highest BCUT2D eigenvalue weighted by Crippen LogP contribution is 2.22. The topological polar surface area (TPSA) is 23.8 Å². The van der Waals surface area contributed by atoms with E-state index in [4.69, 9.17) is 5.26 Å². The van der Waals surface area contributed by atoms with Crippen molar-refractivity contribution >= 4 is 10.8 Å². The van der Waals surface area contributed by atoms with Crippen LogP contribution in [0, 0.1) is 46.6 Å². The molecule has 0 atom stereocenters. The third-order valence-corrected chi connectivity index (χ3v) is 5.10. The molecule has 0 aromatic heterocycles. The number of fused-ring (bicyclic) bond motifs is 1. The Morgan fingerprint density at radius 2 is 1.31 bits per heavy atom. The van der Waals surface area contributed by atoms with Crippen LogP contribution < -0.4 is 0 Å². The largest absolute Gasteiger partial charge is 0.206 e. The predicted molar refractivity (Wildman–Crippen MR) is 123 cm³/mol. The van der Waals surface area contributed by atoms with Gasteiger partial charge in [0.2, 0.25) is 0 Å². The third-order valence-electron chi connectivity index (χ3n) is 5.10. The first-order valence-electron chi connectivity index (χ1n) is 10.1. The Kier molecular flexibility index (Phi) is 5.98. The zero-order chi connectivity index (χ0) is 22.5. The minimum atomic E-state index is -0.645. The van der Waals surface area contributed by atoms with Crippen molar-refractivity contribution in [2.45, 2.75) is 13.3 Å². The fraction of sp³-hybridized carbons (Fsp3) is 0.0690. The summed E-state index contributed by atoms with van der Waals surface area (Å²) >= 11 is 0. The van der Waals surface area contributed by atoms with E-state index in [2.05, 4.69) is 42.7 Å². The standard InChI is InChI=1S/C29H17F2N/c1-2-20-3-5-21(6-4-20)7-8-22-11-16-27-25(17-22)15-14-24(29(27)31)12-9-23-10-13-26(19-32)28(30)18-23/h3-6,10-11,13-18H,2H2,1H3. The minimum absolute atomic E-state index is 0.0516. The molecule has 0 fully saturated rings. The van der Waals surface area contributed by atoms with Gasteiger partial charge < -0.3 is 0 Å². The SMILES string of the molecule is CCc1ccc(C#Cc2ccc3c(F)c(C#Cc4ccc(C#N)c(F)c4)ccc3c2)cc1. The van der Waals surface area contributed by atoms with Gasteiger partial charge in [0, 0.05) is 22.1 Å². The molecule has 0 unspecified atom stereocenters. The summed E-state index contributed by atoms with van der Waals surface area (Å²) in [7, 11) is 0. The fourth-order valence-corrected chi connectivity index (χ4v) is 3.26. The maximum absolute atomic E-state index is 15.0. The summed E-state index contributed by atoms with van der Waals surface area (Å²) in [5.41, 5.74) is 3.53. The van der Waals surface area contributed by atoms with Crippen LogP contribution in [0.1, 0.15) is 40.3 Å². The summed E-state index contributed by atoms with van der Waals surface area (Å²) in [5.74, 6) is 10.7. The normalized spacial score (nSPS) is 9.94. The molecule has 3 heteroatoms. The van der Waals surface area contributed by atoms with E-state index in [1.807, 2.05) is 18.2 Å². The molecule has 0 spiro atoms. The first-order chi connectivity index (χ1) is 15.6. The van der Waals surface area contributed by atoms with Gasteiger partial charge in [-0.05, 0) is 65.9 Å². The maximum Gasteiger partial charge on any atom is 0.146 e. The van der Waals surface area contributed by atoms with E-state index in [0.29, 0.717) is 10.9 Å². The average molecular weight is 417 g/mol. The lowest BCUT2D eigenvalue weighted by atomic mass is 10.0. The highest BCUT2D eigenvalue weighted by Gasteiger charge is 2.06. The Morgan fingerprint density at radius 3 is 2.03 bits per heavy atom. The molecule has 0 radical (unpaired) electrons. The van der Waals surface area contributed by atoms with Crippen LogP contribution in [0.4, 0.5) is 8.78 Å². The van der Waals surface area contributed by atoms with Gasteiger partial charge in [-0.15, -0.1) is 0 Å². The van der Waals surface area contributed by atoms with Crippen molar-refractivity contribution in [1.82, 2.24) is 0 Å². The van der Waals surface area contributed by atoms with Crippen molar-refractivity contribution in [3.63, 3.8) is 0 Å². The van der Waals surface area contributed by atoms with E-state index >= 15 is 0 Å². The first-order valence-corrected chi connectivity index (χ1v) is 10.1. The molecular weight excluding hydrogens is 400 g/mol. The lowest BCUT2D eigenvalue weighted by molar-refractivity contribution is 0.623. The molecule has 0 N–H and O–H groups in total. The number of halogens is 2. The van der Waals surface area contributed by atoms with Crippen LogP contribution in [0.25, 0.3) is 10.8 Å². The van der Waals surface area contributed by atoms with E-state index < -0.39 is 11.6 Å².